The summed E-state index contributed by atoms with van der Waals surface area (Å²) >= 11 is 0. The zero-order valence-corrected chi connectivity index (χ0v) is 11.7. The molecular formula is C14H14N2O3S. The summed E-state index contributed by atoms with van der Waals surface area (Å²) in [6, 6.07) is 13.5. The molecule has 1 heterocycles. The molecule has 0 atom stereocenters. The molecule has 5 nitrogen and oxygen atoms in total. The average molecular weight is 290 g/mol. The predicted molar refractivity (Wildman–Crippen MR) is 74.1 cm³/mol. The van der Waals surface area contributed by atoms with Crippen molar-refractivity contribution in [1.82, 2.24) is 9.29 Å². The van der Waals surface area contributed by atoms with E-state index in [9.17, 15) is 13.2 Å². The minimum absolute atomic E-state index is 0.00488. The van der Waals surface area contributed by atoms with E-state index < -0.39 is 15.9 Å². The maximum absolute atomic E-state index is 12.4. The van der Waals surface area contributed by atoms with Crippen LogP contribution in [0.5, 0.6) is 0 Å². The molecular weight excluding hydrogens is 276 g/mol. The van der Waals surface area contributed by atoms with E-state index in [-0.39, 0.29) is 11.6 Å². The third kappa shape index (κ3) is 3.03. The molecule has 0 aliphatic heterocycles. The van der Waals surface area contributed by atoms with Crippen molar-refractivity contribution in [1.29, 1.82) is 0 Å². The van der Waals surface area contributed by atoms with Crippen LogP contribution in [0.15, 0.2) is 59.8 Å². The molecule has 0 saturated carbocycles. The lowest BCUT2D eigenvalue weighted by atomic mass is 10.2. The van der Waals surface area contributed by atoms with Crippen LogP contribution in [0.25, 0.3) is 0 Å². The molecule has 0 saturated heterocycles. The molecule has 0 spiro atoms. The number of benzene rings is 1. The van der Waals surface area contributed by atoms with Crippen LogP contribution in [0, 0.1) is 0 Å². The van der Waals surface area contributed by atoms with Crippen LogP contribution in [0.1, 0.15) is 12.5 Å². The van der Waals surface area contributed by atoms with Gasteiger partial charge in [-0.1, -0.05) is 36.4 Å². The van der Waals surface area contributed by atoms with Crippen LogP contribution in [0.2, 0.25) is 0 Å². The molecule has 1 amide bonds. The maximum Gasteiger partial charge on any atom is 0.284 e. The lowest BCUT2D eigenvalue weighted by Crippen LogP contribution is -2.35. The van der Waals surface area contributed by atoms with Crippen molar-refractivity contribution in [2.45, 2.75) is 18.5 Å². The summed E-state index contributed by atoms with van der Waals surface area (Å²) in [5.74, 6) is -0.542. The Morgan fingerprint density at radius 1 is 1.10 bits per heavy atom. The van der Waals surface area contributed by atoms with Gasteiger partial charge in [0.05, 0.1) is 6.54 Å². The number of carbonyl (C=O) groups excluding carboxylic acids is 1. The second-order valence-electron chi connectivity index (χ2n) is 4.18. The Hall–Kier alpha value is -2.21. The van der Waals surface area contributed by atoms with E-state index in [1.165, 1.54) is 19.2 Å². The van der Waals surface area contributed by atoms with E-state index in [4.69, 9.17) is 0 Å². The average Bonchev–Trinajstić information content (AvgIpc) is 2.46. The summed E-state index contributed by atoms with van der Waals surface area (Å²) < 4.78 is 25.7. The fourth-order valence-electron chi connectivity index (χ4n) is 1.73. The first-order valence-corrected chi connectivity index (χ1v) is 7.44. The van der Waals surface area contributed by atoms with E-state index in [2.05, 4.69) is 4.98 Å². The molecule has 0 N–H and O–H groups in total. The van der Waals surface area contributed by atoms with Crippen LogP contribution in [-0.2, 0) is 21.4 Å². The lowest BCUT2D eigenvalue weighted by molar-refractivity contribution is -0.124. The number of hydrogen-bond donors (Lipinski definition) is 0. The van der Waals surface area contributed by atoms with Crippen molar-refractivity contribution in [3.05, 3.63) is 60.3 Å². The molecule has 20 heavy (non-hydrogen) atoms. The van der Waals surface area contributed by atoms with Gasteiger partial charge < -0.3 is 0 Å². The lowest BCUT2D eigenvalue weighted by Gasteiger charge is -2.20. The fourth-order valence-corrected chi connectivity index (χ4v) is 3.06. The van der Waals surface area contributed by atoms with Gasteiger partial charge in [-0.2, -0.15) is 8.42 Å². The Kier molecular flexibility index (Phi) is 4.14. The molecule has 1 aromatic heterocycles. The monoisotopic (exact) mass is 290 g/mol. The Bertz CT molecular complexity index is 685. The number of amides is 1. The maximum atomic E-state index is 12.4. The van der Waals surface area contributed by atoms with Gasteiger partial charge in [0.15, 0.2) is 5.03 Å². The standard InChI is InChI=1S/C14H14N2O3S/c1-12(17)16(11-13-7-3-2-4-8-13)20(18,19)14-9-5-6-10-15-14/h2-10H,11H2,1H3. The van der Waals surface area contributed by atoms with Gasteiger partial charge >= 0.3 is 0 Å². The summed E-state index contributed by atoms with van der Waals surface area (Å²) in [6.45, 7) is 1.22. The highest BCUT2D eigenvalue weighted by Gasteiger charge is 2.27. The second kappa shape index (κ2) is 5.83. The molecule has 1 aromatic carbocycles. The summed E-state index contributed by atoms with van der Waals surface area (Å²) in [5.41, 5.74) is 0.738. The van der Waals surface area contributed by atoms with E-state index in [0.717, 1.165) is 9.87 Å². The van der Waals surface area contributed by atoms with Crippen molar-refractivity contribution < 1.29 is 13.2 Å². The smallest absolute Gasteiger partial charge is 0.274 e. The van der Waals surface area contributed by atoms with Gasteiger partial charge in [0.1, 0.15) is 0 Å². The third-order valence-electron chi connectivity index (χ3n) is 2.71. The molecule has 0 radical (unpaired) electrons. The first kappa shape index (κ1) is 14.2. The summed E-state index contributed by atoms with van der Waals surface area (Å²) in [5, 5.41) is -0.133. The molecule has 104 valence electrons. The normalized spacial score (nSPS) is 11.1. The Labute approximate surface area is 117 Å². The highest BCUT2D eigenvalue weighted by atomic mass is 32.2. The first-order chi connectivity index (χ1) is 9.51. The highest BCUT2D eigenvalue weighted by molar-refractivity contribution is 7.89. The number of carbonyl (C=O) groups is 1. The van der Waals surface area contributed by atoms with Crippen molar-refractivity contribution in [3.63, 3.8) is 0 Å². The van der Waals surface area contributed by atoms with Crippen LogP contribution < -0.4 is 0 Å². The largest absolute Gasteiger partial charge is 0.284 e. The van der Waals surface area contributed by atoms with Gasteiger partial charge in [0.2, 0.25) is 5.91 Å². The van der Waals surface area contributed by atoms with Crippen molar-refractivity contribution in [2.24, 2.45) is 0 Å². The van der Waals surface area contributed by atoms with Crippen molar-refractivity contribution in [3.8, 4) is 0 Å². The summed E-state index contributed by atoms with van der Waals surface area (Å²) in [7, 11) is -3.93. The molecule has 0 fully saturated rings. The molecule has 6 heteroatoms. The third-order valence-corrected chi connectivity index (χ3v) is 4.45. The van der Waals surface area contributed by atoms with Gasteiger partial charge in [-0.3, -0.25) is 4.79 Å². The van der Waals surface area contributed by atoms with E-state index >= 15 is 0 Å². The van der Waals surface area contributed by atoms with E-state index in [0.29, 0.717) is 0 Å². The van der Waals surface area contributed by atoms with Crippen molar-refractivity contribution >= 4 is 15.9 Å². The molecule has 2 rings (SSSR count). The Morgan fingerprint density at radius 2 is 1.75 bits per heavy atom. The number of pyridine rings is 1. The first-order valence-electron chi connectivity index (χ1n) is 6.00. The quantitative estimate of drug-likeness (QED) is 0.861. The Morgan fingerprint density at radius 3 is 2.30 bits per heavy atom. The number of sulfonamides is 1. The zero-order chi connectivity index (χ0) is 14.6. The van der Waals surface area contributed by atoms with Gasteiger partial charge in [-0.25, -0.2) is 9.29 Å². The zero-order valence-electron chi connectivity index (χ0n) is 10.9. The molecule has 0 bridgehead atoms. The van der Waals surface area contributed by atoms with Gasteiger partial charge in [-0.15, -0.1) is 0 Å². The van der Waals surface area contributed by atoms with E-state index in [1.54, 1.807) is 36.4 Å². The van der Waals surface area contributed by atoms with Crippen LogP contribution in [0.3, 0.4) is 0 Å². The van der Waals surface area contributed by atoms with Crippen molar-refractivity contribution in [2.75, 3.05) is 0 Å². The minimum atomic E-state index is -3.93. The summed E-state index contributed by atoms with van der Waals surface area (Å²) in [4.78, 5) is 15.5. The number of rotatable bonds is 4. The fraction of sp³-hybridized carbons (Fsp3) is 0.143. The van der Waals surface area contributed by atoms with Gasteiger partial charge in [-0.05, 0) is 17.7 Å². The number of aromatic nitrogens is 1. The molecule has 0 aliphatic carbocycles. The van der Waals surface area contributed by atoms with Gasteiger partial charge in [0, 0.05) is 13.1 Å². The topological polar surface area (TPSA) is 67.3 Å². The predicted octanol–water partition coefficient (Wildman–Crippen LogP) is 1.82. The Balaban J connectivity index is 2.37. The number of hydrogen-bond acceptors (Lipinski definition) is 4. The molecule has 0 aliphatic rings. The van der Waals surface area contributed by atoms with Gasteiger partial charge in [0.25, 0.3) is 10.0 Å². The van der Waals surface area contributed by atoms with Crippen LogP contribution >= 0.6 is 0 Å². The second-order valence-corrected chi connectivity index (χ2v) is 5.99. The minimum Gasteiger partial charge on any atom is -0.274 e. The number of nitrogens with zero attached hydrogens (tertiary/aromatic N) is 2. The summed E-state index contributed by atoms with van der Waals surface area (Å²) in [6.07, 6.45) is 1.38. The SMILES string of the molecule is CC(=O)N(Cc1ccccc1)S(=O)(=O)c1ccccn1. The molecule has 0 unspecified atom stereocenters. The molecule has 2 aromatic rings. The highest BCUT2D eigenvalue weighted by Crippen LogP contribution is 2.16. The van der Waals surface area contributed by atoms with Crippen LogP contribution in [0.4, 0.5) is 0 Å². The van der Waals surface area contributed by atoms with E-state index in [1.807, 2.05) is 6.07 Å². The van der Waals surface area contributed by atoms with Crippen LogP contribution in [-0.4, -0.2) is 23.6 Å².